The number of ketones is 2. The van der Waals surface area contributed by atoms with Crippen molar-refractivity contribution in [3.05, 3.63) is 63.2 Å². The monoisotopic (exact) mass is 305 g/mol. The summed E-state index contributed by atoms with van der Waals surface area (Å²) < 4.78 is 0. The van der Waals surface area contributed by atoms with Crippen molar-refractivity contribution in [3.63, 3.8) is 0 Å². The second kappa shape index (κ2) is 4.62. The van der Waals surface area contributed by atoms with Crippen LogP contribution in [-0.4, -0.2) is 11.6 Å². The Hall–Kier alpha value is -1.84. The van der Waals surface area contributed by atoms with E-state index < -0.39 is 0 Å². The van der Waals surface area contributed by atoms with E-state index in [1.165, 1.54) is 0 Å². The second-order valence-corrected chi connectivity index (χ2v) is 5.19. The minimum Gasteiger partial charge on any atom is -0.398 e. The van der Waals surface area contributed by atoms with E-state index in [-0.39, 0.29) is 39.3 Å². The van der Waals surface area contributed by atoms with Gasteiger partial charge in [-0.1, -0.05) is 35.9 Å². The van der Waals surface area contributed by atoms with Gasteiger partial charge in [0.1, 0.15) is 0 Å². The third-order valence-electron chi connectivity index (χ3n) is 3.42. The van der Waals surface area contributed by atoms with E-state index in [1.807, 2.05) is 0 Å². The molecule has 1 aliphatic carbocycles. The molecule has 100 valence electrons. The number of rotatable bonds is 1. The minimum atomic E-state index is -0.290. The van der Waals surface area contributed by atoms with E-state index in [0.717, 1.165) is 0 Å². The number of carbonyl (C=O) groups excluding carboxylic acids is 2. The third kappa shape index (κ3) is 1.67. The number of carbonyl (C=O) groups is 2. The number of nitrogen functional groups attached to an aromatic ring is 1. The van der Waals surface area contributed by atoms with Crippen molar-refractivity contribution in [3.8, 4) is 0 Å². The van der Waals surface area contributed by atoms with Crippen molar-refractivity contribution < 1.29 is 9.59 Å². The Morgan fingerprint density at radius 3 is 2.10 bits per heavy atom. The fourth-order valence-electron chi connectivity index (χ4n) is 2.43. The number of hydrogen-bond donors (Lipinski definition) is 1. The first-order chi connectivity index (χ1) is 9.56. The van der Waals surface area contributed by atoms with Crippen LogP contribution < -0.4 is 5.73 Å². The highest BCUT2D eigenvalue weighted by molar-refractivity contribution is 6.40. The lowest BCUT2D eigenvalue weighted by Gasteiger charge is -2.21. The Morgan fingerprint density at radius 2 is 1.55 bits per heavy atom. The molecule has 0 heterocycles. The highest BCUT2D eigenvalue weighted by atomic mass is 35.5. The molecule has 0 fully saturated rings. The normalized spacial score (nSPS) is 13.1. The number of benzene rings is 2. The largest absolute Gasteiger partial charge is 0.398 e. The van der Waals surface area contributed by atoms with E-state index in [2.05, 4.69) is 0 Å². The van der Waals surface area contributed by atoms with Gasteiger partial charge in [-0.25, -0.2) is 0 Å². The quantitative estimate of drug-likeness (QED) is 0.553. The summed E-state index contributed by atoms with van der Waals surface area (Å²) in [5, 5.41) is 0.206. The highest BCUT2D eigenvalue weighted by Gasteiger charge is 2.33. The van der Waals surface area contributed by atoms with Gasteiger partial charge in [-0.15, -0.1) is 11.6 Å². The zero-order chi connectivity index (χ0) is 14.4. The molecule has 2 N–H and O–H groups in total. The Kier molecular flexibility index (Phi) is 3.04. The van der Waals surface area contributed by atoms with Crippen LogP contribution in [0.1, 0.15) is 37.4 Å². The Bertz CT molecular complexity index is 769. The molecule has 0 unspecified atom stereocenters. The van der Waals surface area contributed by atoms with Crippen LogP contribution in [0.4, 0.5) is 5.69 Å². The predicted octanol–water partition coefficient (Wildman–Crippen LogP) is 3.44. The SMILES string of the molecule is Nc1c(CCl)cc(Cl)c2c1C(=O)c1ccccc1C2=O. The molecule has 5 heteroatoms. The Balaban J connectivity index is 2.39. The topological polar surface area (TPSA) is 60.2 Å². The maximum atomic E-state index is 12.6. The number of halogens is 2. The van der Waals surface area contributed by atoms with Crippen LogP contribution in [0.5, 0.6) is 0 Å². The zero-order valence-electron chi connectivity index (χ0n) is 10.2. The fraction of sp³-hybridized carbons (Fsp3) is 0.0667. The molecule has 0 saturated carbocycles. The lowest BCUT2D eigenvalue weighted by molar-refractivity contribution is 0.0979. The standard InChI is InChI=1S/C15H9Cl2NO2/c16-6-7-5-10(17)11-12(13(7)18)15(20)9-4-2-1-3-8(9)14(11)19/h1-5H,6,18H2. The van der Waals surface area contributed by atoms with E-state index in [4.69, 9.17) is 28.9 Å². The fourth-order valence-corrected chi connectivity index (χ4v) is 2.97. The number of fused-ring (bicyclic) bond motifs is 2. The first kappa shape index (κ1) is 13.2. The van der Waals surface area contributed by atoms with Crippen LogP contribution in [0.3, 0.4) is 0 Å². The summed E-state index contributed by atoms with van der Waals surface area (Å²) in [7, 11) is 0. The van der Waals surface area contributed by atoms with E-state index in [1.54, 1.807) is 30.3 Å². The molecule has 0 spiro atoms. The van der Waals surface area contributed by atoms with Crippen molar-refractivity contribution in [1.82, 2.24) is 0 Å². The summed E-state index contributed by atoms with van der Waals surface area (Å²) >= 11 is 11.9. The van der Waals surface area contributed by atoms with Crippen LogP contribution in [0.15, 0.2) is 30.3 Å². The summed E-state index contributed by atoms with van der Waals surface area (Å²) in [5.41, 5.74) is 7.79. The highest BCUT2D eigenvalue weighted by Crippen LogP contribution is 2.37. The molecule has 0 amide bonds. The lowest BCUT2D eigenvalue weighted by atomic mass is 9.82. The van der Waals surface area contributed by atoms with Gasteiger partial charge in [-0.3, -0.25) is 9.59 Å². The van der Waals surface area contributed by atoms with Crippen molar-refractivity contribution in [2.75, 3.05) is 5.73 Å². The molecule has 0 atom stereocenters. The summed E-state index contributed by atoms with van der Waals surface area (Å²) in [6.07, 6.45) is 0. The molecule has 1 aliphatic rings. The third-order valence-corrected chi connectivity index (χ3v) is 4.01. The molecule has 3 nitrogen and oxygen atoms in total. The summed E-state index contributed by atoms with van der Waals surface area (Å²) in [6, 6.07) is 8.18. The van der Waals surface area contributed by atoms with Crippen molar-refractivity contribution in [1.29, 1.82) is 0 Å². The van der Waals surface area contributed by atoms with Crippen LogP contribution in [0, 0.1) is 0 Å². The van der Waals surface area contributed by atoms with Gasteiger partial charge in [-0.05, 0) is 11.6 Å². The molecule has 2 aromatic carbocycles. The second-order valence-electron chi connectivity index (χ2n) is 4.52. The molecule has 0 radical (unpaired) electrons. The number of nitrogens with two attached hydrogens (primary N) is 1. The maximum absolute atomic E-state index is 12.6. The van der Waals surface area contributed by atoms with Gasteiger partial charge in [0.05, 0.1) is 16.1 Å². The van der Waals surface area contributed by atoms with Gasteiger partial charge in [0.25, 0.3) is 0 Å². The molecular formula is C15H9Cl2NO2. The van der Waals surface area contributed by atoms with Crippen molar-refractivity contribution in [2.24, 2.45) is 0 Å². The summed E-state index contributed by atoms with van der Waals surface area (Å²) in [5.74, 6) is -0.448. The molecular weight excluding hydrogens is 297 g/mol. The maximum Gasteiger partial charge on any atom is 0.196 e. The molecule has 0 saturated heterocycles. The Labute approximate surface area is 125 Å². The van der Waals surface area contributed by atoms with Crippen LogP contribution in [0.2, 0.25) is 5.02 Å². The average Bonchev–Trinajstić information content (AvgIpc) is 2.46. The molecule has 0 aromatic heterocycles. The average molecular weight is 306 g/mol. The summed E-state index contributed by atoms with van der Waals surface area (Å²) in [4.78, 5) is 25.1. The smallest absolute Gasteiger partial charge is 0.196 e. The van der Waals surface area contributed by atoms with Crippen LogP contribution in [-0.2, 0) is 5.88 Å². The molecule has 20 heavy (non-hydrogen) atoms. The zero-order valence-corrected chi connectivity index (χ0v) is 11.8. The first-order valence-electron chi connectivity index (χ1n) is 5.91. The molecule has 2 aromatic rings. The van der Waals surface area contributed by atoms with E-state index >= 15 is 0 Å². The van der Waals surface area contributed by atoms with E-state index in [9.17, 15) is 9.59 Å². The number of alkyl halides is 1. The van der Waals surface area contributed by atoms with Gasteiger partial charge in [0.15, 0.2) is 11.6 Å². The first-order valence-corrected chi connectivity index (χ1v) is 6.82. The predicted molar refractivity (Wildman–Crippen MR) is 78.7 cm³/mol. The van der Waals surface area contributed by atoms with Crippen LogP contribution >= 0.6 is 23.2 Å². The van der Waals surface area contributed by atoms with Gasteiger partial charge in [0.2, 0.25) is 0 Å². The van der Waals surface area contributed by atoms with E-state index in [0.29, 0.717) is 16.7 Å². The van der Waals surface area contributed by atoms with Gasteiger partial charge < -0.3 is 5.73 Å². The van der Waals surface area contributed by atoms with Gasteiger partial charge in [-0.2, -0.15) is 0 Å². The number of hydrogen-bond acceptors (Lipinski definition) is 3. The number of anilines is 1. The molecule has 0 bridgehead atoms. The summed E-state index contributed by atoms with van der Waals surface area (Å²) in [6.45, 7) is 0. The molecule has 0 aliphatic heterocycles. The van der Waals surface area contributed by atoms with Crippen molar-refractivity contribution in [2.45, 2.75) is 5.88 Å². The van der Waals surface area contributed by atoms with Crippen molar-refractivity contribution >= 4 is 40.5 Å². The Morgan fingerprint density at radius 1 is 1.00 bits per heavy atom. The van der Waals surface area contributed by atoms with Gasteiger partial charge in [0, 0.05) is 22.7 Å². The van der Waals surface area contributed by atoms with Gasteiger partial charge >= 0.3 is 0 Å². The minimum absolute atomic E-state index is 0.127. The molecule has 3 rings (SSSR count). The van der Waals surface area contributed by atoms with Crippen LogP contribution in [0.25, 0.3) is 0 Å². The lowest BCUT2D eigenvalue weighted by Crippen LogP contribution is -2.23.